The third kappa shape index (κ3) is 5.17. The zero-order chi connectivity index (χ0) is 23.9. The molecule has 4 aromatic rings. The topological polar surface area (TPSA) is 108 Å². The van der Waals surface area contributed by atoms with Gasteiger partial charge < -0.3 is 23.6 Å². The van der Waals surface area contributed by atoms with Crippen LogP contribution in [-0.4, -0.2) is 30.5 Å². The SMILES string of the molecule is CCOC(=O)c1oc2ccccc2c1COC(=O)[C@H](Cc1ccccc1)NC(=O)c1ccco1. The number of carbonyl (C=O) groups is 3. The Morgan fingerprint density at radius 3 is 2.44 bits per heavy atom. The molecule has 0 saturated carbocycles. The monoisotopic (exact) mass is 461 g/mol. The minimum atomic E-state index is -0.982. The largest absolute Gasteiger partial charge is 0.460 e. The summed E-state index contributed by atoms with van der Waals surface area (Å²) in [7, 11) is 0. The number of furan rings is 2. The third-order valence-corrected chi connectivity index (χ3v) is 5.14. The molecule has 8 heteroatoms. The standard InChI is InChI=1S/C26H23NO7/c1-2-31-26(30)23-19(18-11-6-7-12-21(18)34-23)16-33-25(29)20(15-17-9-4-3-5-10-17)27-24(28)22-13-8-14-32-22/h3-14,20H,2,15-16H2,1H3,(H,27,28)/t20-/m0/s1. The number of hydrogen-bond donors (Lipinski definition) is 1. The summed E-state index contributed by atoms with van der Waals surface area (Å²) in [5.74, 6) is -1.78. The van der Waals surface area contributed by atoms with Gasteiger partial charge in [-0.25, -0.2) is 9.59 Å². The fourth-order valence-corrected chi connectivity index (χ4v) is 3.53. The molecule has 34 heavy (non-hydrogen) atoms. The molecule has 0 saturated heterocycles. The molecule has 0 unspecified atom stereocenters. The van der Waals surface area contributed by atoms with E-state index in [-0.39, 0.29) is 31.2 Å². The fourth-order valence-electron chi connectivity index (χ4n) is 3.53. The fraction of sp³-hybridized carbons (Fsp3) is 0.192. The highest BCUT2D eigenvalue weighted by atomic mass is 16.5. The van der Waals surface area contributed by atoms with Crippen molar-refractivity contribution >= 4 is 28.8 Å². The van der Waals surface area contributed by atoms with E-state index in [4.69, 9.17) is 18.3 Å². The lowest BCUT2D eigenvalue weighted by molar-refractivity contribution is -0.147. The van der Waals surface area contributed by atoms with E-state index in [0.29, 0.717) is 16.5 Å². The summed E-state index contributed by atoms with van der Waals surface area (Å²) in [6.45, 7) is 1.63. The van der Waals surface area contributed by atoms with Gasteiger partial charge in [0.2, 0.25) is 5.76 Å². The van der Waals surface area contributed by atoms with E-state index in [0.717, 1.165) is 5.56 Å². The van der Waals surface area contributed by atoms with Gasteiger partial charge in [0, 0.05) is 11.8 Å². The molecular formula is C26H23NO7. The van der Waals surface area contributed by atoms with Gasteiger partial charge in [-0.1, -0.05) is 48.5 Å². The van der Waals surface area contributed by atoms with E-state index >= 15 is 0 Å². The summed E-state index contributed by atoms with van der Waals surface area (Å²) in [6.07, 6.45) is 1.59. The van der Waals surface area contributed by atoms with Gasteiger partial charge in [-0.3, -0.25) is 4.79 Å². The van der Waals surface area contributed by atoms with Crippen molar-refractivity contribution < 1.29 is 32.7 Å². The third-order valence-electron chi connectivity index (χ3n) is 5.14. The van der Waals surface area contributed by atoms with E-state index in [1.165, 1.54) is 12.3 Å². The van der Waals surface area contributed by atoms with Crippen LogP contribution in [0.5, 0.6) is 0 Å². The number of amides is 1. The van der Waals surface area contributed by atoms with Crippen molar-refractivity contribution in [1.82, 2.24) is 5.32 Å². The first-order chi connectivity index (χ1) is 16.6. The average molecular weight is 461 g/mol. The summed E-state index contributed by atoms with van der Waals surface area (Å²) < 4.78 is 21.4. The first-order valence-electron chi connectivity index (χ1n) is 10.8. The molecule has 2 aromatic carbocycles. The molecule has 2 aromatic heterocycles. The summed E-state index contributed by atoms with van der Waals surface area (Å²) in [5, 5.41) is 3.31. The van der Waals surface area contributed by atoms with Crippen LogP contribution in [0.2, 0.25) is 0 Å². The molecule has 1 atom stereocenters. The average Bonchev–Trinajstić information content (AvgIpc) is 3.51. The molecule has 1 N–H and O–H groups in total. The van der Waals surface area contributed by atoms with Crippen LogP contribution < -0.4 is 5.32 Å². The van der Waals surface area contributed by atoms with Crippen molar-refractivity contribution in [3.05, 3.63) is 95.6 Å². The predicted octanol–water partition coefficient (Wildman–Crippen LogP) is 4.29. The minimum absolute atomic E-state index is 0.0184. The number of esters is 2. The Hall–Kier alpha value is -4.33. The molecule has 0 aliphatic heterocycles. The molecular weight excluding hydrogens is 438 g/mol. The van der Waals surface area contributed by atoms with Crippen molar-refractivity contribution in [1.29, 1.82) is 0 Å². The quantitative estimate of drug-likeness (QED) is 0.371. The summed E-state index contributed by atoms with van der Waals surface area (Å²) >= 11 is 0. The number of hydrogen-bond acceptors (Lipinski definition) is 7. The van der Waals surface area contributed by atoms with Gasteiger partial charge in [0.05, 0.1) is 18.4 Å². The molecule has 2 heterocycles. The molecule has 0 spiro atoms. The second-order valence-corrected chi connectivity index (χ2v) is 7.43. The lowest BCUT2D eigenvalue weighted by Crippen LogP contribution is -2.43. The highest BCUT2D eigenvalue weighted by Gasteiger charge is 2.27. The number of ether oxygens (including phenoxy) is 2. The zero-order valence-electron chi connectivity index (χ0n) is 18.5. The molecule has 1 amide bonds. The van der Waals surface area contributed by atoms with E-state index in [1.807, 2.05) is 30.3 Å². The van der Waals surface area contributed by atoms with Crippen LogP contribution in [-0.2, 0) is 27.3 Å². The van der Waals surface area contributed by atoms with E-state index in [9.17, 15) is 14.4 Å². The number of rotatable bonds is 9. The normalized spacial score (nSPS) is 11.7. The maximum Gasteiger partial charge on any atom is 0.374 e. The number of fused-ring (bicyclic) bond motifs is 1. The first kappa shape index (κ1) is 22.8. The molecule has 0 bridgehead atoms. The molecule has 0 aliphatic carbocycles. The van der Waals surface area contributed by atoms with Crippen molar-refractivity contribution in [3.8, 4) is 0 Å². The first-order valence-corrected chi connectivity index (χ1v) is 10.8. The Labute approximate surface area is 195 Å². The van der Waals surface area contributed by atoms with E-state index < -0.39 is 23.9 Å². The Kier molecular flexibility index (Phi) is 7.07. The van der Waals surface area contributed by atoms with Crippen LogP contribution in [0.4, 0.5) is 0 Å². The van der Waals surface area contributed by atoms with Gasteiger partial charge in [0.25, 0.3) is 5.91 Å². The number of nitrogens with one attached hydrogen (secondary N) is 1. The Morgan fingerprint density at radius 1 is 0.941 bits per heavy atom. The van der Waals surface area contributed by atoms with Crippen LogP contribution in [0, 0.1) is 0 Å². The molecule has 8 nitrogen and oxygen atoms in total. The van der Waals surface area contributed by atoms with Crippen molar-refractivity contribution in [2.45, 2.75) is 26.0 Å². The lowest BCUT2D eigenvalue weighted by atomic mass is 10.1. The summed E-state index contributed by atoms with van der Waals surface area (Å²) in [5.41, 5.74) is 1.71. The summed E-state index contributed by atoms with van der Waals surface area (Å²) in [6, 6.07) is 18.4. The van der Waals surface area contributed by atoms with Gasteiger partial charge in [0.15, 0.2) is 5.76 Å². The second-order valence-electron chi connectivity index (χ2n) is 7.43. The smallest absolute Gasteiger partial charge is 0.374 e. The van der Waals surface area contributed by atoms with Crippen molar-refractivity contribution in [2.24, 2.45) is 0 Å². The maximum absolute atomic E-state index is 13.1. The second kappa shape index (κ2) is 10.5. The number of benzene rings is 2. The Balaban J connectivity index is 1.55. The molecule has 4 rings (SSSR count). The highest BCUT2D eigenvalue weighted by Crippen LogP contribution is 2.27. The van der Waals surface area contributed by atoms with E-state index in [1.54, 1.807) is 37.3 Å². The van der Waals surface area contributed by atoms with Gasteiger partial charge in [0.1, 0.15) is 18.2 Å². The van der Waals surface area contributed by atoms with E-state index in [2.05, 4.69) is 5.32 Å². The lowest BCUT2D eigenvalue weighted by Gasteiger charge is -2.17. The van der Waals surface area contributed by atoms with Crippen molar-refractivity contribution in [2.75, 3.05) is 6.61 Å². The van der Waals surface area contributed by atoms with Crippen LogP contribution in [0.3, 0.4) is 0 Å². The van der Waals surface area contributed by atoms with Crippen LogP contribution in [0.1, 0.15) is 39.2 Å². The summed E-state index contributed by atoms with van der Waals surface area (Å²) in [4.78, 5) is 38.0. The van der Waals surface area contributed by atoms with Gasteiger partial charge >= 0.3 is 11.9 Å². The molecule has 0 fully saturated rings. The van der Waals surface area contributed by atoms with Crippen LogP contribution in [0.25, 0.3) is 11.0 Å². The number of para-hydroxylation sites is 1. The Morgan fingerprint density at radius 2 is 1.71 bits per heavy atom. The zero-order valence-corrected chi connectivity index (χ0v) is 18.5. The predicted molar refractivity (Wildman–Crippen MR) is 122 cm³/mol. The number of carbonyl (C=O) groups excluding carboxylic acids is 3. The highest BCUT2D eigenvalue weighted by molar-refractivity contribution is 5.96. The molecule has 0 aliphatic rings. The van der Waals surface area contributed by atoms with Crippen LogP contribution >= 0.6 is 0 Å². The molecule has 0 radical (unpaired) electrons. The van der Waals surface area contributed by atoms with Crippen LogP contribution in [0.15, 0.2) is 81.8 Å². The maximum atomic E-state index is 13.1. The van der Waals surface area contributed by atoms with Gasteiger partial charge in [-0.15, -0.1) is 0 Å². The molecule has 174 valence electrons. The Bertz CT molecular complexity index is 1280. The van der Waals surface area contributed by atoms with Gasteiger partial charge in [-0.2, -0.15) is 0 Å². The van der Waals surface area contributed by atoms with Gasteiger partial charge in [-0.05, 0) is 30.7 Å². The van der Waals surface area contributed by atoms with Crippen molar-refractivity contribution in [3.63, 3.8) is 0 Å². The minimum Gasteiger partial charge on any atom is -0.460 e.